The van der Waals surface area contributed by atoms with Crippen molar-refractivity contribution in [3.05, 3.63) is 86.6 Å². The Kier molecular flexibility index (Phi) is 5.77. The van der Waals surface area contributed by atoms with E-state index in [9.17, 15) is 14.9 Å². The van der Waals surface area contributed by atoms with Gasteiger partial charge in [-0.25, -0.2) is 5.43 Å². The average Bonchev–Trinajstić information content (AvgIpc) is 3.11. The van der Waals surface area contributed by atoms with Gasteiger partial charge in [0, 0.05) is 21.7 Å². The molecule has 0 aliphatic rings. The highest BCUT2D eigenvalue weighted by molar-refractivity contribution is 9.10. The van der Waals surface area contributed by atoms with Crippen molar-refractivity contribution in [1.29, 1.82) is 0 Å². The number of para-hydroxylation sites is 1. The van der Waals surface area contributed by atoms with Crippen molar-refractivity contribution in [2.45, 2.75) is 6.42 Å². The van der Waals surface area contributed by atoms with Crippen molar-refractivity contribution in [3.8, 4) is 11.3 Å². The predicted octanol–water partition coefficient (Wildman–Crippen LogP) is 4.31. The topological polar surface area (TPSA) is 97.7 Å². The van der Waals surface area contributed by atoms with Gasteiger partial charge in [0.15, 0.2) is 0 Å². The van der Waals surface area contributed by atoms with E-state index < -0.39 is 10.8 Å². The number of halogens is 1. The summed E-state index contributed by atoms with van der Waals surface area (Å²) in [6.07, 6.45) is 1.23. The van der Waals surface area contributed by atoms with Crippen LogP contribution in [0.15, 0.2) is 74.7 Å². The van der Waals surface area contributed by atoms with Crippen molar-refractivity contribution in [2.75, 3.05) is 0 Å². The van der Waals surface area contributed by atoms with Gasteiger partial charge in [0.1, 0.15) is 11.5 Å². The number of hydrogen-bond donors (Lipinski definition) is 1. The van der Waals surface area contributed by atoms with E-state index >= 15 is 0 Å². The first kappa shape index (κ1) is 18.5. The van der Waals surface area contributed by atoms with Gasteiger partial charge >= 0.3 is 0 Å². The van der Waals surface area contributed by atoms with E-state index in [1.165, 1.54) is 18.3 Å². The highest BCUT2D eigenvalue weighted by Crippen LogP contribution is 2.24. The fourth-order valence-electron chi connectivity index (χ4n) is 2.44. The minimum absolute atomic E-state index is 0.0960. The fraction of sp³-hybridized carbons (Fsp3) is 0.0526. The number of carbonyl (C=O) groups excluding carboxylic acids is 1. The molecule has 0 bridgehead atoms. The molecular formula is C19H14BrN3O4. The Balaban J connectivity index is 1.61. The monoisotopic (exact) mass is 427 g/mol. The Morgan fingerprint density at radius 3 is 2.78 bits per heavy atom. The van der Waals surface area contributed by atoms with Crippen LogP contribution in [0.2, 0.25) is 0 Å². The highest BCUT2D eigenvalue weighted by atomic mass is 79.9. The van der Waals surface area contributed by atoms with E-state index in [0.29, 0.717) is 17.1 Å². The zero-order valence-corrected chi connectivity index (χ0v) is 15.5. The number of hydrazone groups is 1. The smallest absolute Gasteiger partial charge is 0.273 e. The number of nitro benzene ring substituents is 1. The van der Waals surface area contributed by atoms with Crippen molar-refractivity contribution >= 4 is 33.7 Å². The molecular weight excluding hydrogens is 414 g/mol. The van der Waals surface area contributed by atoms with Crippen molar-refractivity contribution in [2.24, 2.45) is 5.10 Å². The lowest BCUT2D eigenvalue weighted by Crippen LogP contribution is -2.20. The lowest BCUT2D eigenvalue weighted by molar-refractivity contribution is -0.385. The average molecular weight is 428 g/mol. The molecule has 1 heterocycles. The molecule has 136 valence electrons. The molecule has 1 amide bonds. The molecule has 0 radical (unpaired) electrons. The number of nitro groups is 1. The molecule has 8 heteroatoms. The Morgan fingerprint density at radius 2 is 2.00 bits per heavy atom. The number of furan rings is 1. The molecule has 2 aromatic carbocycles. The van der Waals surface area contributed by atoms with Gasteiger partial charge < -0.3 is 4.42 Å². The van der Waals surface area contributed by atoms with Gasteiger partial charge in [0.25, 0.3) is 5.69 Å². The minimum Gasteiger partial charge on any atom is -0.455 e. The third kappa shape index (κ3) is 4.89. The summed E-state index contributed by atoms with van der Waals surface area (Å²) in [6, 6.07) is 17.3. The van der Waals surface area contributed by atoms with Gasteiger partial charge in [0.05, 0.1) is 17.6 Å². The lowest BCUT2D eigenvalue weighted by atomic mass is 10.1. The van der Waals surface area contributed by atoms with Crippen LogP contribution in [0.4, 0.5) is 5.69 Å². The standard InChI is InChI=1S/C19H14BrN3O4/c20-15-6-3-5-14(10-15)18-9-8-16(27-18)12-21-22-19(24)11-13-4-1-2-7-17(13)23(25)26/h1-10,12H,11H2,(H,22,24)/b21-12+. The van der Waals surface area contributed by atoms with E-state index in [4.69, 9.17) is 4.42 Å². The minimum atomic E-state index is -0.516. The second kappa shape index (κ2) is 8.41. The second-order valence-electron chi connectivity index (χ2n) is 5.57. The molecule has 0 spiro atoms. The first-order chi connectivity index (χ1) is 13.0. The number of nitrogens with zero attached hydrogens (tertiary/aromatic N) is 2. The summed E-state index contributed by atoms with van der Waals surface area (Å²) in [5.74, 6) is 0.680. The van der Waals surface area contributed by atoms with Crippen LogP contribution in [0.5, 0.6) is 0 Å². The highest BCUT2D eigenvalue weighted by Gasteiger charge is 2.15. The van der Waals surface area contributed by atoms with Gasteiger partial charge in [-0.15, -0.1) is 0 Å². The summed E-state index contributed by atoms with van der Waals surface area (Å²) in [5, 5.41) is 14.8. The Labute approximate surface area is 163 Å². The molecule has 0 aliphatic heterocycles. The van der Waals surface area contributed by atoms with Crippen LogP contribution in [0, 0.1) is 10.1 Å². The maximum Gasteiger partial charge on any atom is 0.273 e. The number of benzene rings is 2. The van der Waals surface area contributed by atoms with Gasteiger partial charge in [-0.3, -0.25) is 14.9 Å². The molecule has 0 atom stereocenters. The maximum atomic E-state index is 12.0. The first-order valence-corrected chi connectivity index (χ1v) is 8.72. The SMILES string of the molecule is O=C(Cc1ccccc1[N+](=O)[O-])N/N=C/c1ccc(-c2cccc(Br)c2)o1. The number of hydrogen-bond acceptors (Lipinski definition) is 5. The van der Waals surface area contributed by atoms with E-state index in [2.05, 4.69) is 26.5 Å². The molecule has 0 saturated carbocycles. The first-order valence-electron chi connectivity index (χ1n) is 7.93. The van der Waals surface area contributed by atoms with Crippen molar-refractivity contribution < 1.29 is 14.1 Å². The molecule has 0 aliphatic carbocycles. The fourth-order valence-corrected chi connectivity index (χ4v) is 2.84. The van der Waals surface area contributed by atoms with E-state index in [-0.39, 0.29) is 12.1 Å². The van der Waals surface area contributed by atoms with Crippen LogP contribution in [-0.4, -0.2) is 17.0 Å². The molecule has 1 N–H and O–H groups in total. The molecule has 1 aromatic heterocycles. The number of amides is 1. The summed E-state index contributed by atoms with van der Waals surface area (Å²) in [5.41, 5.74) is 3.48. The normalized spacial score (nSPS) is 10.9. The van der Waals surface area contributed by atoms with Gasteiger partial charge in [0.2, 0.25) is 5.91 Å². The zero-order valence-electron chi connectivity index (χ0n) is 14.0. The van der Waals surface area contributed by atoms with E-state index in [1.54, 1.807) is 24.3 Å². The molecule has 0 unspecified atom stereocenters. The third-order valence-electron chi connectivity index (χ3n) is 3.66. The van der Waals surface area contributed by atoms with Crippen LogP contribution in [0.25, 0.3) is 11.3 Å². The van der Waals surface area contributed by atoms with Crippen LogP contribution >= 0.6 is 15.9 Å². The number of rotatable bonds is 6. The molecule has 0 fully saturated rings. The third-order valence-corrected chi connectivity index (χ3v) is 4.15. The quantitative estimate of drug-likeness (QED) is 0.359. The summed E-state index contributed by atoms with van der Waals surface area (Å²) >= 11 is 3.41. The van der Waals surface area contributed by atoms with E-state index in [0.717, 1.165) is 10.0 Å². The second-order valence-corrected chi connectivity index (χ2v) is 6.48. The number of carbonyl (C=O) groups is 1. The Hall–Kier alpha value is -3.26. The van der Waals surface area contributed by atoms with Gasteiger partial charge in [-0.2, -0.15) is 5.10 Å². The predicted molar refractivity (Wildman–Crippen MR) is 104 cm³/mol. The maximum absolute atomic E-state index is 12.0. The molecule has 0 saturated heterocycles. The molecule has 7 nitrogen and oxygen atoms in total. The van der Waals surface area contributed by atoms with Gasteiger partial charge in [-0.05, 0) is 24.3 Å². The van der Waals surface area contributed by atoms with Crippen molar-refractivity contribution in [1.82, 2.24) is 5.43 Å². The summed E-state index contributed by atoms with van der Waals surface area (Å²) in [4.78, 5) is 22.4. The largest absolute Gasteiger partial charge is 0.455 e. The zero-order chi connectivity index (χ0) is 19.2. The lowest BCUT2D eigenvalue weighted by Gasteiger charge is -2.01. The van der Waals surface area contributed by atoms with Crippen molar-refractivity contribution in [3.63, 3.8) is 0 Å². The number of nitrogens with one attached hydrogen (secondary N) is 1. The Bertz CT molecular complexity index is 1010. The summed E-state index contributed by atoms with van der Waals surface area (Å²) in [7, 11) is 0. The molecule has 3 rings (SSSR count). The van der Waals surface area contributed by atoms with Crippen LogP contribution in [0.3, 0.4) is 0 Å². The van der Waals surface area contributed by atoms with E-state index in [1.807, 2.05) is 24.3 Å². The van der Waals surface area contributed by atoms with Gasteiger partial charge in [-0.1, -0.05) is 46.3 Å². The summed E-state index contributed by atoms with van der Waals surface area (Å²) < 4.78 is 6.60. The van der Waals surface area contributed by atoms with Crippen LogP contribution in [0.1, 0.15) is 11.3 Å². The summed E-state index contributed by atoms with van der Waals surface area (Å²) in [6.45, 7) is 0. The van der Waals surface area contributed by atoms with Crippen LogP contribution < -0.4 is 5.43 Å². The molecule has 3 aromatic rings. The van der Waals surface area contributed by atoms with Crippen LogP contribution in [-0.2, 0) is 11.2 Å². The molecule has 27 heavy (non-hydrogen) atoms. The Morgan fingerprint density at radius 1 is 1.19 bits per heavy atom.